The third kappa shape index (κ3) is 23.5. The second-order valence-electron chi connectivity index (χ2n) is 25.6. The summed E-state index contributed by atoms with van der Waals surface area (Å²) in [5.74, 6) is -14.1. The molecule has 3 heterocycles. The SMILES string of the molecule is CC[C@H](C)[C@H](NC(=O)CNC(=O)[C@H](C)NC(=O)[C@H](Cc1c[nH]c2ccccc12)NC(=O)[C@H](Cc1c[nH]c2ccccc12)NC(=O)[C@H](CCCCN)NC(=O)[C@H](Cc1c[nH]c2ccccc12)NC(=O)[C@H](CC(N)=O)NC(=O)[C@H](CO)NC(C)=O)C(=O)N[C@@H](Cc1ccccc1)C(=O)N[C@@H](CC(=O)O)C(N)=O. The lowest BCUT2D eigenvalue weighted by atomic mass is 9.97. The Morgan fingerprint density at radius 1 is 0.448 bits per heavy atom. The molecule has 7 aromatic rings. The molecule has 105 heavy (non-hydrogen) atoms. The monoisotopic (exact) mass is 1450 g/mol. The lowest BCUT2D eigenvalue weighted by Gasteiger charge is -2.28. The number of benzene rings is 4. The molecule has 22 N–H and O–H groups in total. The number of unbranched alkanes of at least 4 members (excludes halogenated alkanes) is 1. The van der Waals surface area contributed by atoms with Crippen molar-refractivity contribution in [2.75, 3.05) is 19.7 Å². The van der Waals surface area contributed by atoms with Gasteiger partial charge in [-0.3, -0.25) is 67.1 Å². The van der Waals surface area contributed by atoms with E-state index < -0.39 is 175 Å². The highest BCUT2D eigenvalue weighted by atomic mass is 16.4. The molecule has 13 amide bonds. The number of primary amides is 2. The van der Waals surface area contributed by atoms with Crippen LogP contribution in [0.5, 0.6) is 0 Å². The summed E-state index contributed by atoms with van der Waals surface area (Å²) in [6, 6.07) is 14.7. The number of carboxylic acid groups (broad SMARTS) is 1. The molecule has 7 rings (SSSR count). The van der Waals surface area contributed by atoms with Gasteiger partial charge in [0.05, 0.1) is 26.0 Å². The quantitative estimate of drug-likeness (QED) is 0.0192. The third-order valence-corrected chi connectivity index (χ3v) is 17.6. The van der Waals surface area contributed by atoms with Crippen LogP contribution < -0.4 is 75.7 Å². The number of aromatic nitrogens is 3. The minimum absolute atomic E-state index is 0.0768. The Morgan fingerprint density at radius 3 is 1.30 bits per heavy atom. The Kier molecular flexibility index (Phi) is 29.7. The van der Waals surface area contributed by atoms with E-state index in [-0.39, 0.29) is 45.1 Å². The molecule has 0 radical (unpaired) electrons. The molecule has 0 bridgehead atoms. The summed E-state index contributed by atoms with van der Waals surface area (Å²) in [5.41, 5.74) is 21.1. The second-order valence-corrected chi connectivity index (χ2v) is 25.6. The van der Waals surface area contributed by atoms with Crippen LogP contribution in [0.2, 0.25) is 0 Å². The highest BCUT2D eigenvalue weighted by Crippen LogP contribution is 2.24. The first kappa shape index (κ1) is 80.3. The molecule has 4 aromatic carbocycles. The Bertz CT molecular complexity index is 4270. The number of aliphatic hydroxyl groups excluding tert-OH is 1. The van der Waals surface area contributed by atoms with Gasteiger partial charge in [-0.25, -0.2) is 0 Å². The van der Waals surface area contributed by atoms with E-state index in [0.29, 0.717) is 67.8 Å². The van der Waals surface area contributed by atoms with Crippen LogP contribution in [-0.2, 0) is 92.8 Å². The molecular weight excluding hydrogens is 1360 g/mol. The number of carboxylic acids is 1. The van der Waals surface area contributed by atoms with E-state index in [0.717, 1.165) is 6.92 Å². The summed E-state index contributed by atoms with van der Waals surface area (Å²) in [4.78, 5) is 201. The van der Waals surface area contributed by atoms with E-state index >= 15 is 9.59 Å². The van der Waals surface area contributed by atoms with Crippen molar-refractivity contribution in [3.63, 3.8) is 0 Å². The number of nitrogens with two attached hydrogens (primary N) is 3. The molecule has 0 fully saturated rings. The van der Waals surface area contributed by atoms with Crippen LogP contribution in [0.25, 0.3) is 32.7 Å². The van der Waals surface area contributed by atoms with E-state index in [9.17, 15) is 67.7 Å². The molecule has 0 spiro atoms. The fourth-order valence-corrected chi connectivity index (χ4v) is 11.8. The van der Waals surface area contributed by atoms with Crippen LogP contribution in [0.4, 0.5) is 0 Å². The topological polar surface area (TPSA) is 537 Å². The Labute approximate surface area is 603 Å². The first-order valence-corrected chi connectivity index (χ1v) is 34.2. The van der Waals surface area contributed by atoms with Gasteiger partial charge in [0.15, 0.2) is 0 Å². The zero-order valence-corrected chi connectivity index (χ0v) is 58.4. The summed E-state index contributed by atoms with van der Waals surface area (Å²) >= 11 is 0. The Morgan fingerprint density at radius 2 is 0.857 bits per heavy atom. The number of para-hydroxylation sites is 3. The summed E-state index contributed by atoms with van der Waals surface area (Å²) in [5, 5.41) is 49.4. The first-order chi connectivity index (χ1) is 50.2. The lowest BCUT2D eigenvalue weighted by Crippen LogP contribution is -2.61. The highest BCUT2D eigenvalue weighted by molar-refractivity contribution is 6.01. The largest absolute Gasteiger partial charge is 0.481 e. The number of carbonyl (C=O) groups excluding carboxylic acids is 13. The van der Waals surface area contributed by atoms with E-state index in [2.05, 4.69) is 73.4 Å². The van der Waals surface area contributed by atoms with Crippen LogP contribution in [0.3, 0.4) is 0 Å². The predicted octanol–water partition coefficient (Wildman–Crippen LogP) is -1.59. The van der Waals surface area contributed by atoms with Gasteiger partial charge in [0.2, 0.25) is 76.8 Å². The standard InChI is InChI=1S/C72H91N17O16/c1-5-38(2)62(72(105)88-53(27-41-17-7-6-8-18-41)67(100)83-52(63(75)96)32-61(94)95)89-60(93)36-79-64(97)39(3)80-66(99)54(28-42-33-76-48-22-12-9-19-45(42)48)85-69(102)56(30-44-35-78-50-24-14-11-21-47(44)50)84-65(98)51(25-15-16-26-73)82-68(101)55(29-43-34-77-49-23-13-10-20-46(43)49)86-70(103)57(31-59(74)92)87-71(104)58(37-90)81-40(4)91/h6-14,17-24,33-35,38-39,51-58,62,76-78,90H,5,15-16,25-32,36-37,73H2,1-4H3,(H2,74,92)(H2,75,96)(H,79,97)(H,80,99)(H,81,91)(H,82,101)(H,83,100)(H,84,98)(H,85,102)(H,86,103)(H,87,104)(H,88,105)(H,89,93)(H,94,95)/t38-,39-,51-,52-,53-,54-,55-,56-,57-,58-,62-/m0/s1. The van der Waals surface area contributed by atoms with Gasteiger partial charge in [-0.15, -0.1) is 0 Å². The van der Waals surface area contributed by atoms with Gasteiger partial charge >= 0.3 is 5.97 Å². The molecular formula is C72H91N17O16. The second kappa shape index (κ2) is 38.9. The van der Waals surface area contributed by atoms with Crippen molar-refractivity contribution in [1.29, 1.82) is 0 Å². The first-order valence-electron chi connectivity index (χ1n) is 34.2. The molecule has 0 aliphatic heterocycles. The fraction of sp³-hybridized carbons (Fsp3) is 0.389. The fourth-order valence-electron chi connectivity index (χ4n) is 11.8. The molecule has 0 aliphatic carbocycles. The van der Waals surface area contributed by atoms with Gasteiger partial charge in [0.1, 0.15) is 60.4 Å². The lowest BCUT2D eigenvalue weighted by molar-refractivity contribution is -0.140. The summed E-state index contributed by atoms with van der Waals surface area (Å²) < 4.78 is 0. The Hall–Kier alpha value is -12.0. The molecule has 33 heteroatoms. The normalized spacial score (nSPS) is 14.3. The van der Waals surface area contributed by atoms with Crippen molar-refractivity contribution in [2.24, 2.45) is 23.1 Å². The predicted molar refractivity (Wildman–Crippen MR) is 385 cm³/mol. The Balaban J connectivity index is 1.12. The number of hydrogen-bond donors (Lipinski definition) is 19. The number of aliphatic carboxylic acids is 1. The molecule has 33 nitrogen and oxygen atoms in total. The van der Waals surface area contributed by atoms with Crippen LogP contribution >= 0.6 is 0 Å². The maximum absolute atomic E-state index is 15.3. The summed E-state index contributed by atoms with van der Waals surface area (Å²) in [6.45, 7) is 4.36. The van der Waals surface area contributed by atoms with Crippen LogP contribution in [0, 0.1) is 5.92 Å². The van der Waals surface area contributed by atoms with Gasteiger partial charge in [0.25, 0.3) is 0 Å². The summed E-state index contributed by atoms with van der Waals surface area (Å²) in [6.07, 6.45) is 3.35. The van der Waals surface area contributed by atoms with E-state index in [1.807, 2.05) is 0 Å². The van der Waals surface area contributed by atoms with Crippen LogP contribution in [0.15, 0.2) is 122 Å². The van der Waals surface area contributed by atoms with Crippen molar-refractivity contribution in [3.8, 4) is 0 Å². The zero-order chi connectivity index (χ0) is 76.4. The number of nitrogens with one attached hydrogen (secondary N) is 14. The van der Waals surface area contributed by atoms with Gasteiger partial charge in [-0.05, 0) is 79.1 Å². The molecule has 0 unspecified atom stereocenters. The zero-order valence-electron chi connectivity index (χ0n) is 58.4. The summed E-state index contributed by atoms with van der Waals surface area (Å²) in [7, 11) is 0. The number of H-pyrrole nitrogens is 3. The van der Waals surface area contributed by atoms with Crippen molar-refractivity contribution in [3.05, 3.63) is 144 Å². The molecule has 560 valence electrons. The van der Waals surface area contributed by atoms with Crippen molar-refractivity contribution < 1.29 is 77.3 Å². The minimum Gasteiger partial charge on any atom is -0.481 e. The van der Waals surface area contributed by atoms with Crippen LogP contribution in [0.1, 0.15) is 88.5 Å². The van der Waals surface area contributed by atoms with E-state index in [1.165, 1.54) is 6.92 Å². The van der Waals surface area contributed by atoms with Crippen LogP contribution in [-0.4, -0.2) is 188 Å². The van der Waals surface area contributed by atoms with Gasteiger partial charge < -0.3 is 101 Å². The highest BCUT2D eigenvalue weighted by Gasteiger charge is 2.37. The molecule has 0 saturated carbocycles. The van der Waals surface area contributed by atoms with Crippen molar-refractivity contribution in [2.45, 2.75) is 152 Å². The number of carbonyl (C=O) groups is 14. The molecule has 11 atom stereocenters. The third-order valence-electron chi connectivity index (χ3n) is 17.6. The van der Waals surface area contributed by atoms with Gasteiger partial charge in [0, 0.05) is 83.9 Å². The number of aliphatic hydroxyl groups is 1. The average Bonchev–Trinajstić information content (AvgIpc) is 1.69. The van der Waals surface area contributed by atoms with Crippen molar-refractivity contribution >= 4 is 115 Å². The average molecular weight is 1450 g/mol. The maximum Gasteiger partial charge on any atom is 0.305 e. The maximum atomic E-state index is 15.3. The molecule has 3 aromatic heterocycles. The number of hydrogen-bond acceptors (Lipinski definition) is 16. The van der Waals surface area contributed by atoms with Crippen molar-refractivity contribution in [1.82, 2.24) is 73.4 Å². The van der Waals surface area contributed by atoms with Gasteiger partial charge in [-0.1, -0.05) is 105 Å². The smallest absolute Gasteiger partial charge is 0.305 e. The minimum atomic E-state index is -1.75. The van der Waals surface area contributed by atoms with E-state index in [4.69, 9.17) is 17.2 Å². The molecule has 0 aliphatic rings. The number of amides is 13. The van der Waals surface area contributed by atoms with E-state index in [1.54, 1.807) is 136 Å². The number of aromatic amines is 3. The number of rotatable bonds is 41. The van der Waals surface area contributed by atoms with Gasteiger partial charge in [-0.2, -0.15) is 0 Å². The molecule has 0 saturated heterocycles. The number of fused-ring (bicyclic) bond motifs is 3.